The van der Waals surface area contributed by atoms with Gasteiger partial charge in [0.05, 0.1) is 0 Å². The van der Waals surface area contributed by atoms with Gasteiger partial charge in [0.25, 0.3) is 11.8 Å². The molecule has 7 heteroatoms. The lowest BCUT2D eigenvalue weighted by molar-refractivity contribution is 0.406. The molecule has 0 aliphatic heterocycles. The number of hydrogen-bond donors (Lipinski definition) is 0. The highest BCUT2D eigenvalue weighted by Gasteiger charge is 2.23. The van der Waals surface area contributed by atoms with Crippen molar-refractivity contribution in [1.82, 2.24) is 20.1 Å². The summed E-state index contributed by atoms with van der Waals surface area (Å²) in [5.41, 5.74) is 3.26. The zero-order valence-electron chi connectivity index (χ0n) is 17.2. The Morgan fingerprint density at radius 1 is 0.900 bits per heavy atom. The Morgan fingerprint density at radius 2 is 1.53 bits per heavy atom. The number of ether oxygens (including phenoxy) is 1. The van der Waals surface area contributed by atoms with Crippen molar-refractivity contribution in [2.75, 3.05) is 0 Å². The molecule has 0 N–H and O–H groups in total. The van der Waals surface area contributed by atoms with Crippen LogP contribution in [0, 0.1) is 19.7 Å². The van der Waals surface area contributed by atoms with Crippen molar-refractivity contribution in [3.63, 3.8) is 0 Å². The maximum atomic E-state index is 14.8. The van der Waals surface area contributed by atoms with Crippen molar-refractivity contribution in [3.05, 3.63) is 83.2 Å². The molecule has 2 heterocycles. The first kappa shape index (κ1) is 19.7. The summed E-state index contributed by atoms with van der Waals surface area (Å²) in [6.45, 7) is 8.04. The quantitative estimate of drug-likeness (QED) is 0.443. The van der Waals surface area contributed by atoms with Crippen LogP contribution in [-0.4, -0.2) is 20.1 Å². The summed E-state index contributed by atoms with van der Waals surface area (Å²) < 4.78 is 25.4. The summed E-state index contributed by atoms with van der Waals surface area (Å²) in [7, 11) is 0. The average Bonchev–Trinajstić information content (AvgIpc) is 3.16. The van der Waals surface area contributed by atoms with E-state index in [0.29, 0.717) is 11.6 Å². The molecule has 0 aliphatic rings. The second-order valence-electron chi connectivity index (χ2n) is 7.61. The lowest BCUT2D eigenvalue weighted by Gasteiger charge is -2.26. The maximum absolute atomic E-state index is 14.8. The van der Waals surface area contributed by atoms with E-state index in [1.165, 1.54) is 17.5 Å². The minimum Gasteiger partial charge on any atom is -0.436 e. The van der Waals surface area contributed by atoms with Gasteiger partial charge >= 0.3 is 0 Å². The molecule has 152 valence electrons. The van der Waals surface area contributed by atoms with E-state index < -0.39 is 5.82 Å². The molecule has 0 fully saturated rings. The number of benzene rings is 2. The molecule has 0 amide bonds. The van der Waals surface area contributed by atoms with Crippen LogP contribution in [0.15, 0.2) is 59.4 Å². The second kappa shape index (κ2) is 7.67. The fourth-order valence-electron chi connectivity index (χ4n) is 3.16. The van der Waals surface area contributed by atoms with E-state index in [0.717, 1.165) is 5.56 Å². The third-order valence-electron chi connectivity index (χ3n) is 5.05. The third kappa shape index (κ3) is 3.78. The Kier molecular flexibility index (Phi) is 5.03. The summed E-state index contributed by atoms with van der Waals surface area (Å²) >= 11 is 0. The number of halogens is 1. The number of nitrogens with zero attached hydrogens (tertiary/aromatic N) is 4. The molecule has 0 saturated heterocycles. The summed E-state index contributed by atoms with van der Waals surface area (Å²) in [5, 5.41) is 3.66. The van der Waals surface area contributed by atoms with Gasteiger partial charge < -0.3 is 9.26 Å². The summed E-state index contributed by atoms with van der Waals surface area (Å²) in [4.78, 5) is 11.8. The van der Waals surface area contributed by atoms with Crippen molar-refractivity contribution in [2.45, 2.75) is 33.1 Å². The first-order valence-corrected chi connectivity index (χ1v) is 9.51. The van der Waals surface area contributed by atoms with Gasteiger partial charge in [0.15, 0.2) is 11.5 Å². The second-order valence-corrected chi connectivity index (χ2v) is 7.61. The van der Waals surface area contributed by atoms with Crippen molar-refractivity contribution in [3.8, 4) is 23.2 Å². The third-order valence-corrected chi connectivity index (χ3v) is 5.05. The molecule has 0 atom stereocenters. The van der Waals surface area contributed by atoms with Crippen LogP contribution in [0.25, 0.3) is 11.6 Å². The molecule has 0 aliphatic carbocycles. The van der Waals surface area contributed by atoms with Gasteiger partial charge in [-0.25, -0.2) is 4.98 Å². The Bertz CT molecular complexity index is 1170. The standard InChI is InChI=1S/C23H21FN4O2/c1-14-5-7-16(8-6-14)23(3,4)17-9-11-18(12-10-17)29-21-19(24)20(25-13-26-21)22-27-15(2)28-30-22/h5-13H,1-4H3. The van der Waals surface area contributed by atoms with E-state index in [1.54, 1.807) is 19.1 Å². The highest BCUT2D eigenvalue weighted by molar-refractivity contribution is 5.50. The summed E-state index contributed by atoms with van der Waals surface area (Å²) in [6.07, 6.45) is 1.20. The fourth-order valence-corrected chi connectivity index (χ4v) is 3.16. The molecule has 4 rings (SSSR count). The van der Waals surface area contributed by atoms with Gasteiger partial charge in [-0.05, 0) is 37.1 Å². The van der Waals surface area contributed by atoms with Crippen LogP contribution in [0.5, 0.6) is 11.6 Å². The smallest absolute Gasteiger partial charge is 0.279 e. The minimum absolute atomic E-state index is 0.0209. The highest BCUT2D eigenvalue weighted by atomic mass is 19.1. The SMILES string of the molecule is Cc1ccc(C(C)(C)c2ccc(Oc3ncnc(-c4nc(C)no4)c3F)cc2)cc1. The number of hydrogen-bond acceptors (Lipinski definition) is 6. The molecule has 0 radical (unpaired) electrons. The van der Waals surface area contributed by atoms with E-state index >= 15 is 0 Å². The molecule has 30 heavy (non-hydrogen) atoms. The highest BCUT2D eigenvalue weighted by Crippen LogP contribution is 2.34. The van der Waals surface area contributed by atoms with Crippen LogP contribution in [0.4, 0.5) is 4.39 Å². The molecule has 4 aromatic rings. The molecule has 0 unspecified atom stereocenters. The predicted octanol–water partition coefficient (Wildman–Crippen LogP) is 5.40. The Morgan fingerprint density at radius 3 is 2.13 bits per heavy atom. The van der Waals surface area contributed by atoms with Gasteiger partial charge in [0, 0.05) is 5.41 Å². The van der Waals surface area contributed by atoms with Crippen LogP contribution in [0.1, 0.15) is 36.4 Å². The van der Waals surface area contributed by atoms with Gasteiger partial charge in [-0.15, -0.1) is 0 Å². The van der Waals surface area contributed by atoms with Gasteiger partial charge in [0.2, 0.25) is 5.82 Å². The van der Waals surface area contributed by atoms with E-state index in [9.17, 15) is 4.39 Å². The average molecular weight is 404 g/mol. The minimum atomic E-state index is -0.759. The molecule has 2 aromatic carbocycles. The summed E-state index contributed by atoms with van der Waals surface area (Å²) in [5.74, 6) is -0.139. The predicted molar refractivity (Wildman–Crippen MR) is 110 cm³/mol. The van der Waals surface area contributed by atoms with Crippen molar-refractivity contribution < 1.29 is 13.7 Å². The van der Waals surface area contributed by atoms with Crippen LogP contribution in [-0.2, 0) is 5.41 Å². The molecule has 2 aromatic heterocycles. The zero-order chi connectivity index (χ0) is 21.3. The normalized spacial score (nSPS) is 11.5. The Labute approximate surface area is 173 Å². The molecular weight excluding hydrogens is 383 g/mol. The van der Waals surface area contributed by atoms with E-state index in [4.69, 9.17) is 9.26 Å². The van der Waals surface area contributed by atoms with E-state index in [-0.39, 0.29) is 22.9 Å². The van der Waals surface area contributed by atoms with Gasteiger partial charge in [-0.2, -0.15) is 14.4 Å². The first-order chi connectivity index (χ1) is 14.3. The van der Waals surface area contributed by atoms with E-state index in [1.807, 2.05) is 12.1 Å². The van der Waals surface area contributed by atoms with Gasteiger partial charge in [0.1, 0.15) is 12.1 Å². The lowest BCUT2D eigenvalue weighted by Crippen LogP contribution is -2.18. The van der Waals surface area contributed by atoms with Crippen LogP contribution in [0.3, 0.4) is 0 Å². The Balaban J connectivity index is 1.58. The lowest BCUT2D eigenvalue weighted by atomic mass is 9.78. The largest absolute Gasteiger partial charge is 0.436 e. The topological polar surface area (TPSA) is 73.9 Å². The van der Waals surface area contributed by atoms with E-state index in [2.05, 4.69) is 65.1 Å². The number of aromatic nitrogens is 4. The maximum Gasteiger partial charge on any atom is 0.279 e. The molecular formula is C23H21FN4O2. The number of aryl methyl sites for hydroxylation is 2. The monoisotopic (exact) mass is 404 g/mol. The van der Waals surface area contributed by atoms with Crippen molar-refractivity contribution in [1.29, 1.82) is 0 Å². The Hall–Kier alpha value is -3.61. The molecule has 0 saturated carbocycles. The van der Waals surface area contributed by atoms with Gasteiger partial charge in [-0.1, -0.05) is 61.0 Å². The van der Waals surface area contributed by atoms with Crippen LogP contribution >= 0.6 is 0 Å². The van der Waals surface area contributed by atoms with Crippen LogP contribution in [0.2, 0.25) is 0 Å². The molecule has 0 spiro atoms. The van der Waals surface area contributed by atoms with Crippen LogP contribution < -0.4 is 4.74 Å². The zero-order valence-corrected chi connectivity index (χ0v) is 17.2. The van der Waals surface area contributed by atoms with Crippen molar-refractivity contribution in [2.24, 2.45) is 0 Å². The van der Waals surface area contributed by atoms with Crippen molar-refractivity contribution >= 4 is 0 Å². The molecule has 0 bridgehead atoms. The fraction of sp³-hybridized carbons (Fsp3) is 0.217. The molecule has 6 nitrogen and oxygen atoms in total. The van der Waals surface area contributed by atoms with Gasteiger partial charge in [-0.3, -0.25) is 0 Å². The number of rotatable bonds is 5. The first-order valence-electron chi connectivity index (χ1n) is 9.51. The summed E-state index contributed by atoms with van der Waals surface area (Å²) in [6, 6.07) is 16.0.